The lowest BCUT2D eigenvalue weighted by Gasteiger charge is -2.32. The number of benzene rings is 1. The van der Waals surface area contributed by atoms with Gasteiger partial charge in [0, 0.05) is 82.6 Å². The molecule has 1 aromatic carbocycles. The van der Waals surface area contributed by atoms with Gasteiger partial charge >= 0.3 is 11.9 Å². The Hall–Kier alpha value is -5.85. The van der Waals surface area contributed by atoms with Crippen LogP contribution in [0.1, 0.15) is 76.4 Å². The number of aromatic amines is 1. The van der Waals surface area contributed by atoms with E-state index in [1.807, 2.05) is 39.5 Å². The Morgan fingerprint density at radius 1 is 0.809 bits per heavy atom. The van der Waals surface area contributed by atoms with E-state index in [1.165, 1.54) is 6.20 Å². The molecule has 0 bridgehead atoms. The molecule has 1 atom stereocenters. The third-order valence-corrected chi connectivity index (χ3v) is 11.1. The van der Waals surface area contributed by atoms with Crippen molar-refractivity contribution in [2.24, 2.45) is 0 Å². The van der Waals surface area contributed by atoms with Crippen molar-refractivity contribution in [1.29, 1.82) is 0 Å². The lowest BCUT2D eigenvalue weighted by atomic mass is 10.0. The minimum absolute atomic E-state index is 0.0234. The van der Waals surface area contributed by atoms with Crippen molar-refractivity contribution in [3.05, 3.63) is 52.1 Å². The number of H-pyrrole nitrogens is 1. The maximum Gasteiger partial charge on any atom is 0.317 e. The van der Waals surface area contributed by atoms with Crippen LogP contribution in [-0.2, 0) is 35.2 Å². The lowest BCUT2D eigenvalue weighted by Crippen LogP contribution is -2.44. The number of carboxylic acid groups (broad SMARTS) is 2. The van der Waals surface area contributed by atoms with Gasteiger partial charge in [0.1, 0.15) is 0 Å². The average molecular weight is 954 g/mol. The maximum atomic E-state index is 12.9. The van der Waals surface area contributed by atoms with Gasteiger partial charge in [-0.2, -0.15) is 4.98 Å². The molecular weight excluding hydrogens is 883 g/mol. The fraction of sp³-hybridized carbons (Fsp3) is 0.622. The molecule has 376 valence electrons. The Labute approximate surface area is 396 Å². The van der Waals surface area contributed by atoms with E-state index in [4.69, 9.17) is 15.2 Å². The van der Waals surface area contributed by atoms with Crippen LogP contribution in [-0.4, -0.2) is 190 Å². The number of aromatic nitrogens is 4. The number of aliphatic carboxylic acids is 2. The highest BCUT2D eigenvalue weighted by Crippen LogP contribution is 2.21. The monoisotopic (exact) mass is 954 g/mol. The summed E-state index contributed by atoms with van der Waals surface area (Å²) < 4.78 is 12.3. The van der Waals surface area contributed by atoms with Crippen LogP contribution < -0.4 is 37.9 Å². The summed E-state index contributed by atoms with van der Waals surface area (Å²) in [4.78, 5) is 93.2. The van der Waals surface area contributed by atoms with Crippen LogP contribution in [0.5, 0.6) is 0 Å². The van der Waals surface area contributed by atoms with E-state index in [0.717, 1.165) is 25.1 Å². The Bertz CT molecular complexity index is 2140. The number of anilines is 2. The first-order chi connectivity index (χ1) is 32.3. The highest BCUT2D eigenvalue weighted by atomic mass is 16.6. The third kappa shape index (κ3) is 21.0. The number of fused-ring (bicyclic) bond motifs is 1. The van der Waals surface area contributed by atoms with E-state index in [1.54, 1.807) is 34.1 Å². The molecule has 68 heavy (non-hydrogen) atoms. The van der Waals surface area contributed by atoms with Crippen LogP contribution in [0.3, 0.4) is 0 Å². The van der Waals surface area contributed by atoms with Gasteiger partial charge in [0.15, 0.2) is 11.2 Å². The zero-order valence-corrected chi connectivity index (χ0v) is 40.0. The summed E-state index contributed by atoms with van der Waals surface area (Å²) in [7, 11) is 0. The number of nitrogens with two attached hydrogens (primary N) is 1. The quantitative estimate of drug-likeness (QED) is 0.0436. The molecule has 4 rings (SSSR count). The summed E-state index contributed by atoms with van der Waals surface area (Å²) in [6.45, 7) is 15.1. The second kappa shape index (κ2) is 27.2. The molecule has 10 N–H and O–H groups in total. The molecule has 3 heterocycles. The molecule has 1 aliphatic heterocycles. The van der Waals surface area contributed by atoms with Crippen molar-refractivity contribution in [3.63, 3.8) is 0 Å². The predicted molar refractivity (Wildman–Crippen MR) is 255 cm³/mol. The van der Waals surface area contributed by atoms with Crippen LogP contribution in [0, 0.1) is 0 Å². The smallest absolute Gasteiger partial charge is 0.317 e. The molecule has 1 aliphatic rings. The molecule has 23 nitrogen and oxygen atoms in total. The summed E-state index contributed by atoms with van der Waals surface area (Å²) in [6, 6.07) is 7.05. The Morgan fingerprint density at radius 3 is 2.03 bits per heavy atom. The zero-order chi connectivity index (χ0) is 49.7. The number of amides is 3. The summed E-state index contributed by atoms with van der Waals surface area (Å²) in [5.41, 5.74) is 6.09. The number of nitrogen functional groups attached to an aromatic ring is 1. The number of rotatable bonds is 28. The fourth-order valence-corrected chi connectivity index (χ4v) is 7.11. The molecule has 1 unspecified atom stereocenters. The molecule has 0 saturated carbocycles. The summed E-state index contributed by atoms with van der Waals surface area (Å²) in [6.07, 6.45) is 3.88. The van der Waals surface area contributed by atoms with Crippen LogP contribution in [0.4, 0.5) is 11.6 Å². The van der Waals surface area contributed by atoms with Gasteiger partial charge in [-0.3, -0.25) is 48.5 Å². The molecule has 0 aliphatic carbocycles. The first-order valence-electron chi connectivity index (χ1n) is 23.0. The van der Waals surface area contributed by atoms with Crippen molar-refractivity contribution >= 4 is 52.5 Å². The standard InChI is InChI=1S/C45H71N13O10/c1-31(52-41(65)32-8-10-33(11-9-32)50-25-34-26-51-40-39(53-34)42(66)55-43(46)54-40)7-6-14-47-17-24-67-45(4,5)30-68-44(2,3)13-12-35(59)48-15-16-49-36(60)27-56-18-20-57(28-37(61)62)22-23-58(21-19-56)29-38(63)64/h8-11,26,31,47,50H,6-7,12-25,27-30H2,1-5H3,(H,48,59)(H,49,60)(H,52,65)(H,61,62)(H,63,64)(H3,46,51,54,55,66). The number of ether oxygens (including phenoxy) is 2. The SMILES string of the molecule is CC(CCCNCCOC(C)(C)COC(C)(C)CCC(=O)NCCNC(=O)CN1CCN(CC(=O)O)CCN(CC(=O)O)CC1)NC(=O)c1ccc(NCc2cnc3nc(N)[nH]c(=O)c3n2)cc1. The molecule has 1 fully saturated rings. The normalized spacial score (nSPS) is 14.9. The second-order valence-electron chi connectivity index (χ2n) is 18.2. The predicted octanol–water partition coefficient (Wildman–Crippen LogP) is 0.0873. The number of nitrogens with one attached hydrogen (secondary N) is 6. The molecule has 3 amide bonds. The second-order valence-corrected chi connectivity index (χ2v) is 18.2. The molecule has 0 spiro atoms. The maximum absolute atomic E-state index is 12.9. The largest absolute Gasteiger partial charge is 0.480 e. The van der Waals surface area contributed by atoms with E-state index in [-0.39, 0.29) is 80.0 Å². The highest BCUT2D eigenvalue weighted by Gasteiger charge is 2.26. The van der Waals surface area contributed by atoms with Gasteiger partial charge in [-0.1, -0.05) is 0 Å². The van der Waals surface area contributed by atoms with Crippen molar-refractivity contribution in [2.75, 3.05) is 109 Å². The number of hydrogen-bond acceptors (Lipinski definition) is 17. The van der Waals surface area contributed by atoms with Crippen LogP contribution in [0.15, 0.2) is 35.3 Å². The number of carboxylic acids is 2. The average Bonchev–Trinajstić information content (AvgIpc) is 3.36. The highest BCUT2D eigenvalue weighted by molar-refractivity contribution is 5.94. The summed E-state index contributed by atoms with van der Waals surface area (Å²) in [5.74, 6) is -2.53. The topological polar surface area (TPSA) is 312 Å². The van der Waals surface area contributed by atoms with Gasteiger partial charge in [0.2, 0.25) is 17.8 Å². The molecule has 3 aromatic rings. The van der Waals surface area contributed by atoms with Gasteiger partial charge in [-0.05, 0) is 84.7 Å². The summed E-state index contributed by atoms with van der Waals surface area (Å²) >= 11 is 0. The van der Waals surface area contributed by atoms with Gasteiger partial charge in [0.05, 0.1) is 62.5 Å². The van der Waals surface area contributed by atoms with Gasteiger partial charge in [0.25, 0.3) is 11.5 Å². The van der Waals surface area contributed by atoms with E-state index >= 15 is 0 Å². The Kier molecular flexibility index (Phi) is 21.9. The summed E-state index contributed by atoms with van der Waals surface area (Å²) in [5, 5.41) is 33.8. The minimum atomic E-state index is -0.969. The van der Waals surface area contributed by atoms with E-state index in [0.29, 0.717) is 83.3 Å². The van der Waals surface area contributed by atoms with Crippen molar-refractivity contribution in [3.8, 4) is 0 Å². The fourth-order valence-electron chi connectivity index (χ4n) is 7.11. The van der Waals surface area contributed by atoms with Crippen molar-refractivity contribution in [2.45, 2.75) is 84.1 Å². The van der Waals surface area contributed by atoms with E-state index in [2.05, 4.69) is 46.5 Å². The number of carbonyl (C=O) groups is 5. The first kappa shape index (κ1) is 54.8. The van der Waals surface area contributed by atoms with Crippen molar-refractivity contribution < 1.29 is 43.7 Å². The van der Waals surface area contributed by atoms with Gasteiger partial charge in [-0.25, -0.2) is 9.97 Å². The van der Waals surface area contributed by atoms with Crippen LogP contribution >= 0.6 is 0 Å². The Morgan fingerprint density at radius 2 is 1.41 bits per heavy atom. The van der Waals surface area contributed by atoms with E-state index < -0.39 is 28.7 Å². The van der Waals surface area contributed by atoms with Crippen LogP contribution in [0.25, 0.3) is 11.2 Å². The number of carbonyl (C=O) groups excluding carboxylic acids is 3. The zero-order valence-electron chi connectivity index (χ0n) is 40.0. The molecule has 2 aromatic heterocycles. The first-order valence-corrected chi connectivity index (χ1v) is 23.0. The molecule has 0 radical (unpaired) electrons. The third-order valence-electron chi connectivity index (χ3n) is 11.1. The molecule has 23 heteroatoms. The Balaban J connectivity index is 1.02. The van der Waals surface area contributed by atoms with Gasteiger partial charge in [-0.15, -0.1) is 0 Å². The number of hydrogen-bond donors (Lipinski definition) is 9. The lowest BCUT2D eigenvalue weighted by molar-refractivity contribution is -0.140. The van der Waals surface area contributed by atoms with Gasteiger partial charge < -0.3 is 52.0 Å². The minimum Gasteiger partial charge on any atom is -0.480 e. The molecular formula is C45H71N13O10. The van der Waals surface area contributed by atoms with Crippen LogP contribution in [0.2, 0.25) is 0 Å². The van der Waals surface area contributed by atoms with E-state index in [9.17, 15) is 39.0 Å². The molecule has 1 saturated heterocycles. The number of nitrogens with zero attached hydrogens (tertiary/aromatic N) is 6. The van der Waals surface area contributed by atoms with Crippen molar-refractivity contribution in [1.82, 2.24) is 55.9 Å².